The molecule has 0 fully saturated rings. The lowest BCUT2D eigenvalue weighted by Crippen LogP contribution is -2.10. The van der Waals surface area contributed by atoms with Gasteiger partial charge in [-0.1, -0.05) is 0 Å². The number of ether oxygens (including phenoxy) is 3. The fourth-order valence-electron chi connectivity index (χ4n) is 2.44. The molecule has 0 radical (unpaired) electrons. The summed E-state index contributed by atoms with van der Waals surface area (Å²) in [5, 5.41) is 0. The minimum Gasteiger partial charge on any atom is -0.496 e. The lowest BCUT2D eigenvalue weighted by atomic mass is 10.0. The molecule has 0 spiro atoms. The number of amidine groups is 1. The molecule has 2 aliphatic rings. The van der Waals surface area contributed by atoms with Gasteiger partial charge in [0.25, 0.3) is 6.02 Å². The van der Waals surface area contributed by atoms with Gasteiger partial charge in [-0.2, -0.15) is 0 Å². The maximum atomic E-state index is 5.76. The van der Waals surface area contributed by atoms with E-state index in [9.17, 15) is 0 Å². The van der Waals surface area contributed by atoms with Crippen LogP contribution in [0.15, 0.2) is 17.1 Å². The first-order valence-electron chi connectivity index (χ1n) is 6.01. The SMILES string of the molecule is COc1cc2c(cc1C1COC(N)=N1)OC(C)C2. The highest BCUT2D eigenvalue weighted by Gasteiger charge is 2.27. The van der Waals surface area contributed by atoms with E-state index in [0.29, 0.717) is 6.61 Å². The highest BCUT2D eigenvalue weighted by molar-refractivity contribution is 5.73. The summed E-state index contributed by atoms with van der Waals surface area (Å²) in [5.41, 5.74) is 7.69. The minimum atomic E-state index is -0.107. The normalized spacial score (nSPS) is 25.1. The predicted octanol–water partition coefficient (Wildman–Crippen LogP) is 1.40. The third kappa shape index (κ3) is 1.75. The van der Waals surface area contributed by atoms with Gasteiger partial charge in [-0.3, -0.25) is 0 Å². The molecule has 2 unspecified atom stereocenters. The number of methoxy groups -OCH3 is 1. The fraction of sp³-hybridized carbons (Fsp3) is 0.462. The highest BCUT2D eigenvalue weighted by Crippen LogP contribution is 2.39. The summed E-state index contributed by atoms with van der Waals surface area (Å²) in [7, 11) is 1.66. The average molecular weight is 248 g/mol. The van der Waals surface area contributed by atoms with Crippen molar-refractivity contribution in [3.63, 3.8) is 0 Å². The van der Waals surface area contributed by atoms with Crippen molar-refractivity contribution in [1.29, 1.82) is 0 Å². The zero-order valence-electron chi connectivity index (χ0n) is 10.5. The molecule has 0 amide bonds. The highest BCUT2D eigenvalue weighted by atomic mass is 16.5. The summed E-state index contributed by atoms with van der Waals surface area (Å²) < 4.78 is 16.4. The Bertz CT molecular complexity index is 513. The number of rotatable bonds is 2. The molecule has 2 atom stereocenters. The van der Waals surface area contributed by atoms with Gasteiger partial charge in [0, 0.05) is 17.5 Å². The molecular weight excluding hydrogens is 232 g/mol. The molecule has 0 aromatic heterocycles. The Balaban J connectivity index is 2.01. The van der Waals surface area contributed by atoms with Crippen LogP contribution in [0.5, 0.6) is 11.5 Å². The molecule has 2 N–H and O–H groups in total. The maximum Gasteiger partial charge on any atom is 0.282 e. The number of benzene rings is 1. The van der Waals surface area contributed by atoms with Gasteiger partial charge in [0.1, 0.15) is 30.3 Å². The van der Waals surface area contributed by atoms with Crippen molar-refractivity contribution in [2.75, 3.05) is 13.7 Å². The zero-order valence-corrected chi connectivity index (χ0v) is 10.5. The molecule has 3 rings (SSSR count). The smallest absolute Gasteiger partial charge is 0.282 e. The monoisotopic (exact) mass is 248 g/mol. The first-order valence-corrected chi connectivity index (χ1v) is 6.01. The number of hydrogen-bond donors (Lipinski definition) is 1. The summed E-state index contributed by atoms with van der Waals surface area (Å²) in [4.78, 5) is 4.25. The van der Waals surface area contributed by atoms with E-state index in [2.05, 4.69) is 11.9 Å². The van der Waals surface area contributed by atoms with Gasteiger partial charge < -0.3 is 19.9 Å². The summed E-state index contributed by atoms with van der Waals surface area (Å²) in [5.74, 6) is 1.73. The average Bonchev–Trinajstić information content (AvgIpc) is 2.91. The second-order valence-corrected chi connectivity index (χ2v) is 4.63. The van der Waals surface area contributed by atoms with Gasteiger partial charge >= 0.3 is 0 Å². The van der Waals surface area contributed by atoms with Crippen LogP contribution in [0.1, 0.15) is 24.1 Å². The molecule has 96 valence electrons. The van der Waals surface area contributed by atoms with Crippen molar-refractivity contribution < 1.29 is 14.2 Å². The Morgan fingerprint density at radius 1 is 1.44 bits per heavy atom. The third-order valence-electron chi connectivity index (χ3n) is 3.28. The molecule has 2 aliphatic heterocycles. The van der Waals surface area contributed by atoms with E-state index in [4.69, 9.17) is 19.9 Å². The zero-order chi connectivity index (χ0) is 12.7. The van der Waals surface area contributed by atoms with Gasteiger partial charge in [0.05, 0.1) is 7.11 Å². The Morgan fingerprint density at radius 3 is 2.94 bits per heavy atom. The number of hydrogen-bond acceptors (Lipinski definition) is 5. The molecule has 18 heavy (non-hydrogen) atoms. The number of fused-ring (bicyclic) bond motifs is 1. The van der Waals surface area contributed by atoms with Crippen LogP contribution in [0.3, 0.4) is 0 Å². The number of nitrogens with zero attached hydrogens (tertiary/aromatic N) is 1. The molecule has 0 saturated heterocycles. The lowest BCUT2D eigenvalue weighted by Gasteiger charge is -2.13. The van der Waals surface area contributed by atoms with Gasteiger partial charge in [-0.05, 0) is 19.1 Å². The Labute approximate surface area is 106 Å². The van der Waals surface area contributed by atoms with E-state index in [0.717, 1.165) is 23.5 Å². The summed E-state index contributed by atoms with van der Waals surface area (Å²) in [6.45, 7) is 2.51. The van der Waals surface area contributed by atoms with E-state index >= 15 is 0 Å². The van der Waals surface area contributed by atoms with Crippen molar-refractivity contribution in [2.45, 2.75) is 25.5 Å². The van der Waals surface area contributed by atoms with Crippen LogP contribution < -0.4 is 15.2 Å². The summed E-state index contributed by atoms with van der Waals surface area (Å²) in [6.07, 6.45) is 1.13. The van der Waals surface area contributed by atoms with E-state index < -0.39 is 0 Å². The molecule has 0 aliphatic carbocycles. The molecule has 0 bridgehead atoms. The van der Waals surface area contributed by atoms with Crippen molar-refractivity contribution in [3.05, 3.63) is 23.3 Å². The molecule has 1 aromatic carbocycles. The fourth-order valence-corrected chi connectivity index (χ4v) is 2.44. The minimum absolute atomic E-state index is 0.107. The third-order valence-corrected chi connectivity index (χ3v) is 3.28. The van der Waals surface area contributed by atoms with Gasteiger partial charge in [0.2, 0.25) is 0 Å². The van der Waals surface area contributed by atoms with E-state index in [1.54, 1.807) is 7.11 Å². The van der Waals surface area contributed by atoms with Crippen LogP contribution in [-0.2, 0) is 11.2 Å². The quantitative estimate of drug-likeness (QED) is 0.859. The Hall–Kier alpha value is -1.91. The summed E-state index contributed by atoms with van der Waals surface area (Å²) >= 11 is 0. The second kappa shape index (κ2) is 4.08. The number of aliphatic imine (C=N–C) groups is 1. The van der Waals surface area contributed by atoms with Crippen LogP contribution in [0.25, 0.3) is 0 Å². The molecule has 2 heterocycles. The molecule has 0 saturated carbocycles. The van der Waals surface area contributed by atoms with Gasteiger partial charge in [-0.15, -0.1) is 0 Å². The molecule has 1 aromatic rings. The standard InChI is InChI=1S/C13H16N2O3/c1-7-3-8-4-12(16-2)9(5-11(8)18-7)10-6-17-13(14)15-10/h4-5,7,10H,3,6H2,1-2H3,(H2,14,15). The van der Waals surface area contributed by atoms with Crippen LogP contribution >= 0.6 is 0 Å². The van der Waals surface area contributed by atoms with Gasteiger partial charge in [-0.25, -0.2) is 4.99 Å². The van der Waals surface area contributed by atoms with Crippen molar-refractivity contribution in [1.82, 2.24) is 0 Å². The van der Waals surface area contributed by atoms with Crippen LogP contribution in [0, 0.1) is 0 Å². The van der Waals surface area contributed by atoms with Gasteiger partial charge in [0.15, 0.2) is 0 Å². The second-order valence-electron chi connectivity index (χ2n) is 4.63. The predicted molar refractivity (Wildman–Crippen MR) is 67.1 cm³/mol. The van der Waals surface area contributed by atoms with Crippen molar-refractivity contribution in [3.8, 4) is 11.5 Å². The number of nitrogens with two attached hydrogens (primary N) is 1. The largest absolute Gasteiger partial charge is 0.496 e. The van der Waals surface area contributed by atoms with E-state index in [-0.39, 0.29) is 18.2 Å². The first kappa shape index (κ1) is 11.2. The molecule has 5 heteroatoms. The van der Waals surface area contributed by atoms with E-state index in [1.807, 2.05) is 12.1 Å². The van der Waals surface area contributed by atoms with Crippen molar-refractivity contribution >= 4 is 6.02 Å². The van der Waals surface area contributed by atoms with E-state index in [1.165, 1.54) is 5.56 Å². The topological polar surface area (TPSA) is 66.1 Å². The first-order chi connectivity index (χ1) is 8.67. The Kier molecular flexibility index (Phi) is 2.54. The molecular formula is C13H16N2O3. The molecule has 5 nitrogen and oxygen atoms in total. The lowest BCUT2D eigenvalue weighted by molar-refractivity contribution is 0.254. The van der Waals surface area contributed by atoms with Crippen LogP contribution in [-0.4, -0.2) is 25.8 Å². The van der Waals surface area contributed by atoms with Crippen LogP contribution in [0.2, 0.25) is 0 Å². The van der Waals surface area contributed by atoms with Crippen molar-refractivity contribution in [2.24, 2.45) is 10.7 Å². The van der Waals surface area contributed by atoms with Crippen LogP contribution in [0.4, 0.5) is 0 Å². The maximum absolute atomic E-state index is 5.76. The summed E-state index contributed by atoms with van der Waals surface area (Å²) in [6, 6.07) is 4.15. The Morgan fingerprint density at radius 2 is 2.28 bits per heavy atom.